The summed E-state index contributed by atoms with van der Waals surface area (Å²) in [5.41, 5.74) is 1.24. The molecule has 1 saturated carbocycles. The minimum absolute atomic E-state index is 0.0965. The van der Waals surface area contributed by atoms with Crippen LogP contribution >= 0.6 is 0 Å². The van der Waals surface area contributed by atoms with E-state index in [9.17, 15) is 4.79 Å². The van der Waals surface area contributed by atoms with Gasteiger partial charge in [0.1, 0.15) is 0 Å². The van der Waals surface area contributed by atoms with Crippen LogP contribution < -0.4 is 5.32 Å². The van der Waals surface area contributed by atoms with Crippen molar-refractivity contribution in [1.82, 2.24) is 20.0 Å². The van der Waals surface area contributed by atoms with Crippen LogP contribution in [-0.2, 0) is 11.3 Å². The fourth-order valence-corrected chi connectivity index (χ4v) is 3.63. The van der Waals surface area contributed by atoms with Gasteiger partial charge in [-0.2, -0.15) is 5.10 Å². The molecule has 1 atom stereocenters. The van der Waals surface area contributed by atoms with Gasteiger partial charge in [-0.25, -0.2) is 0 Å². The molecule has 5 heteroatoms. The third-order valence-electron chi connectivity index (χ3n) is 4.64. The Bertz CT molecular complexity index is 464. The minimum atomic E-state index is 0.0965. The molecular formula is C15H24N4O. The van der Waals surface area contributed by atoms with Gasteiger partial charge in [-0.3, -0.25) is 14.4 Å². The molecule has 5 nitrogen and oxygen atoms in total. The van der Waals surface area contributed by atoms with Crippen LogP contribution in [0.1, 0.15) is 43.8 Å². The summed E-state index contributed by atoms with van der Waals surface area (Å²) in [6, 6.07) is 2.26. The standard InChI is InChI=1S/C15H24N4O/c1-16-15(20)8-14-11-18(9-12-4-2-3-5-12)10-13-6-7-17-19(13)14/h6-7,12,14H,2-5,8-11H2,1H3,(H,16,20)/t14-/m1/s1. The van der Waals surface area contributed by atoms with Crippen molar-refractivity contribution in [1.29, 1.82) is 0 Å². The summed E-state index contributed by atoms with van der Waals surface area (Å²) in [4.78, 5) is 14.2. The lowest BCUT2D eigenvalue weighted by molar-refractivity contribution is -0.121. The molecule has 1 fully saturated rings. The number of fused-ring (bicyclic) bond motifs is 1. The van der Waals surface area contributed by atoms with Gasteiger partial charge in [0.05, 0.1) is 18.2 Å². The van der Waals surface area contributed by atoms with E-state index in [1.807, 2.05) is 10.9 Å². The van der Waals surface area contributed by atoms with Crippen molar-refractivity contribution in [3.8, 4) is 0 Å². The second kappa shape index (κ2) is 5.95. The number of nitrogens with zero attached hydrogens (tertiary/aromatic N) is 3. The van der Waals surface area contributed by atoms with Crippen molar-refractivity contribution in [2.45, 2.75) is 44.7 Å². The van der Waals surface area contributed by atoms with Gasteiger partial charge in [-0.1, -0.05) is 12.8 Å². The Balaban J connectivity index is 1.68. The van der Waals surface area contributed by atoms with Crippen LogP contribution in [0.15, 0.2) is 12.3 Å². The third kappa shape index (κ3) is 2.87. The predicted molar refractivity (Wildman–Crippen MR) is 77.2 cm³/mol. The number of hydrogen-bond acceptors (Lipinski definition) is 3. The number of carbonyl (C=O) groups is 1. The van der Waals surface area contributed by atoms with Gasteiger partial charge in [0, 0.05) is 32.9 Å². The zero-order valence-electron chi connectivity index (χ0n) is 12.2. The minimum Gasteiger partial charge on any atom is -0.359 e. The summed E-state index contributed by atoms with van der Waals surface area (Å²) in [6.45, 7) is 3.09. The first-order chi connectivity index (χ1) is 9.76. The van der Waals surface area contributed by atoms with Crippen LogP contribution in [0.5, 0.6) is 0 Å². The Kier molecular flexibility index (Phi) is 4.05. The van der Waals surface area contributed by atoms with Crippen LogP contribution in [0, 0.1) is 5.92 Å². The monoisotopic (exact) mass is 276 g/mol. The largest absolute Gasteiger partial charge is 0.359 e. The number of rotatable bonds is 4. The molecule has 1 aromatic heterocycles. The Morgan fingerprint density at radius 2 is 2.25 bits per heavy atom. The molecule has 2 aliphatic rings. The van der Waals surface area contributed by atoms with Crippen LogP contribution in [0.3, 0.4) is 0 Å². The molecular weight excluding hydrogens is 252 g/mol. The summed E-state index contributed by atoms with van der Waals surface area (Å²) < 4.78 is 2.04. The van der Waals surface area contributed by atoms with E-state index in [0.717, 1.165) is 19.0 Å². The van der Waals surface area contributed by atoms with Crippen molar-refractivity contribution in [2.24, 2.45) is 5.92 Å². The number of nitrogens with one attached hydrogen (secondary N) is 1. The fourth-order valence-electron chi connectivity index (χ4n) is 3.63. The molecule has 0 spiro atoms. The molecule has 20 heavy (non-hydrogen) atoms. The number of hydrogen-bond donors (Lipinski definition) is 1. The topological polar surface area (TPSA) is 50.2 Å². The first kappa shape index (κ1) is 13.6. The highest BCUT2D eigenvalue weighted by atomic mass is 16.1. The average molecular weight is 276 g/mol. The first-order valence-electron chi connectivity index (χ1n) is 7.71. The first-order valence-corrected chi connectivity index (χ1v) is 7.71. The van der Waals surface area contributed by atoms with Crippen LogP contribution in [-0.4, -0.2) is 40.7 Å². The second-order valence-electron chi connectivity index (χ2n) is 6.14. The molecule has 1 aromatic rings. The summed E-state index contributed by atoms with van der Waals surface area (Å²) in [5.74, 6) is 0.948. The maximum Gasteiger partial charge on any atom is 0.221 e. The van der Waals surface area contributed by atoms with Crippen LogP contribution in [0.4, 0.5) is 0 Å². The average Bonchev–Trinajstić information content (AvgIpc) is 3.09. The van der Waals surface area contributed by atoms with E-state index in [0.29, 0.717) is 6.42 Å². The van der Waals surface area contributed by atoms with E-state index in [-0.39, 0.29) is 11.9 Å². The van der Waals surface area contributed by atoms with Gasteiger partial charge in [0.15, 0.2) is 0 Å². The highest BCUT2D eigenvalue weighted by Crippen LogP contribution is 2.29. The van der Waals surface area contributed by atoms with Gasteiger partial charge in [0.25, 0.3) is 0 Å². The molecule has 110 valence electrons. The maximum atomic E-state index is 11.7. The van der Waals surface area contributed by atoms with Crippen molar-refractivity contribution in [2.75, 3.05) is 20.1 Å². The summed E-state index contributed by atoms with van der Waals surface area (Å²) in [6.07, 6.45) is 7.89. The molecule has 1 aliphatic heterocycles. The second-order valence-corrected chi connectivity index (χ2v) is 6.14. The molecule has 1 N–H and O–H groups in total. The van der Waals surface area contributed by atoms with E-state index in [2.05, 4.69) is 21.4 Å². The van der Waals surface area contributed by atoms with Gasteiger partial charge in [-0.15, -0.1) is 0 Å². The summed E-state index contributed by atoms with van der Waals surface area (Å²) in [5, 5.41) is 7.13. The van der Waals surface area contributed by atoms with E-state index in [1.165, 1.54) is 37.9 Å². The third-order valence-corrected chi connectivity index (χ3v) is 4.64. The zero-order valence-corrected chi connectivity index (χ0v) is 12.2. The smallest absolute Gasteiger partial charge is 0.221 e. The molecule has 0 bridgehead atoms. The molecule has 1 amide bonds. The quantitative estimate of drug-likeness (QED) is 0.908. The number of aromatic nitrogens is 2. The molecule has 0 saturated heterocycles. The predicted octanol–water partition coefficient (Wildman–Crippen LogP) is 1.57. The van der Waals surface area contributed by atoms with Gasteiger partial charge >= 0.3 is 0 Å². The molecule has 3 rings (SSSR count). The summed E-state index contributed by atoms with van der Waals surface area (Å²) >= 11 is 0. The van der Waals surface area contributed by atoms with Crippen LogP contribution in [0.25, 0.3) is 0 Å². The SMILES string of the molecule is CNC(=O)C[C@@H]1CN(CC2CCCC2)Cc2ccnn21. The molecule has 0 unspecified atom stereocenters. The Labute approximate surface area is 120 Å². The molecule has 2 heterocycles. The lowest BCUT2D eigenvalue weighted by Gasteiger charge is -2.35. The molecule has 1 aliphatic carbocycles. The van der Waals surface area contributed by atoms with Gasteiger partial charge in [-0.05, 0) is 24.8 Å². The lowest BCUT2D eigenvalue weighted by atomic mass is 10.0. The van der Waals surface area contributed by atoms with E-state index < -0.39 is 0 Å². The Morgan fingerprint density at radius 1 is 1.45 bits per heavy atom. The van der Waals surface area contributed by atoms with Gasteiger partial charge < -0.3 is 5.32 Å². The van der Waals surface area contributed by atoms with Crippen molar-refractivity contribution in [3.05, 3.63) is 18.0 Å². The van der Waals surface area contributed by atoms with Gasteiger partial charge in [0.2, 0.25) is 5.91 Å². The number of carbonyl (C=O) groups excluding carboxylic acids is 1. The Morgan fingerprint density at radius 3 is 3.00 bits per heavy atom. The molecule has 0 radical (unpaired) electrons. The van der Waals surface area contributed by atoms with Crippen LogP contribution in [0.2, 0.25) is 0 Å². The molecule has 0 aromatic carbocycles. The number of amides is 1. The lowest BCUT2D eigenvalue weighted by Crippen LogP contribution is -2.41. The maximum absolute atomic E-state index is 11.7. The van der Waals surface area contributed by atoms with Crippen molar-refractivity contribution >= 4 is 5.91 Å². The van der Waals surface area contributed by atoms with Crippen molar-refractivity contribution < 1.29 is 4.79 Å². The highest BCUT2D eigenvalue weighted by molar-refractivity contribution is 5.76. The summed E-state index contributed by atoms with van der Waals surface area (Å²) in [7, 11) is 1.70. The zero-order chi connectivity index (χ0) is 13.9. The highest BCUT2D eigenvalue weighted by Gasteiger charge is 2.29. The van der Waals surface area contributed by atoms with E-state index in [1.54, 1.807) is 7.05 Å². The Hall–Kier alpha value is -1.36. The fraction of sp³-hybridized carbons (Fsp3) is 0.733. The normalized spacial score (nSPS) is 23.8. The van der Waals surface area contributed by atoms with E-state index >= 15 is 0 Å². The van der Waals surface area contributed by atoms with E-state index in [4.69, 9.17) is 0 Å². The van der Waals surface area contributed by atoms with Crippen molar-refractivity contribution in [3.63, 3.8) is 0 Å².